The minimum Gasteiger partial charge on any atom is -0.466 e. The lowest BCUT2D eigenvalue weighted by molar-refractivity contribution is -0.142. The second kappa shape index (κ2) is 4.92. The largest absolute Gasteiger partial charge is 0.466 e. The van der Waals surface area contributed by atoms with E-state index in [0.29, 0.717) is 6.61 Å². The van der Waals surface area contributed by atoms with Gasteiger partial charge in [-0.3, -0.25) is 4.79 Å². The van der Waals surface area contributed by atoms with Crippen LogP contribution in [0.15, 0.2) is 27.3 Å². The highest BCUT2D eigenvalue weighted by Gasteiger charge is 2.12. The molecule has 1 aromatic heterocycles. The summed E-state index contributed by atoms with van der Waals surface area (Å²) in [6.07, 6.45) is 1.87. The lowest BCUT2D eigenvalue weighted by atomic mass is 10.1. The van der Waals surface area contributed by atoms with Gasteiger partial charge in [-0.15, -0.1) is 0 Å². The first kappa shape index (κ1) is 12.2. The van der Waals surface area contributed by atoms with Crippen molar-refractivity contribution in [3.63, 3.8) is 0 Å². The van der Waals surface area contributed by atoms with Crippen LogP contribution in [0.3, 0.4) is 0 Å². The number of carbonyl (C=O) groups excluding carboxylic acids is 1. The minimum atomic E-state index is -0.226. The van der Waals surface area contributed by atoms with Crippen molar-refractivity contribution >= 4 is 32.9 Å². The lowest BCUT2D eigenvalue weighted by Crippen LogP contribution is -2.06. The molecule has 0 saturated heterocycles. The topological polar surface area (TPSA) is 39.4 Å². The van der Waals surface area contributed by atoms with E-state index in [4.69, 9.17) is 9.15 Å². The molecule has 2 aromatic rings. The molecule has 1 aromatic carbocycles. The maximum Gasteiger partial charge on any atom is 0.310 e. The number of carbonyl (C=O) groups is 1. The zero-order chi connectivity index (χ0) is 12.4. The summed E-state index contributed by atoms with van der Waals surface area (Å²) in [6.45, 7) is 4.20. The van der Waals surface area contributed by atoms with Gasteiger partial charge in [0.15, 0.2) is 0 Å². The Hall–Kier alpha value is -1.29. The Labute approximate surface area is 108 Å². The van der Waals surface area contributed by atoms with Crippen LogP contribution in [0.25, 0.3) is 11.0 Å². The molecular formula is C13H13BrO3. The highest BCUT2D eigenvalue weighted by Crippen LogP contribution is 2.28. The summed E-state index contributed by atoms with van der Waals surface area (Å²) < 4.78 is 11.4. The normalized spacial score (nSPS) is 10.8. The van der Waals surface area contributed by atoms with Gasteiger partial charge in [0.05, 0.1) is 19.3 Å². The van der Waals surface area contributed by atoms with Crippen molar-refractivity contribution in [2.24, 2.45) is 0 Å². The summed E-state index contributed by atoms with van der Waals surface area (Å²) in [4.78, 5) is 11.4. The maximum absolute atomic E-state index is 11.4. The van der Waals surface area contributed by atoms with Crippen LogP contribution in [0.5, 0.6) is 0 Å². The Balaban J connectivity index is 2.36. The summed E-state index contributed by atoms with van der Waals surface area (Å²) in [5.74, 6) is -0.226. The molecule has 0 spiro atoms. The summed E-state index contributed by atoms with van der Waals surface area (Å²) >= 11 is 3.45. The fourth-order valence-corrected chi connectivity index (χ4v) is 2.04. The number of hydrogen-bond donors (Lipinski definition) is 0. The van der Waals surface area contributed by atoms with E-state index in [9.17, 15) is 4.79 Å². The third kappa shape index (κ3) is 2.52. The molecule has 0 N–H and O–H groups in total. The summed E-state index contributed by atoms with van der Waals surface area (Å²) in [5, 5.41) is 0.971. The first-order valence-corrected chi connectivity index (χ1v) is 6.23. The number of hydrogen-bond acceptors (Lipinski definition) is 3. The SMILES string of the molecule is CCOC(=O)Cc1coc2cc(Br)c(C)cc12. The van der Waals surface area contributed by atoms with Gasteiger partial charge >= 0.3 is 5.97 Å². The quantitative estimate of drug-likeness (QED) is 0.812. The average molecular weight is 297 g/mol. The van der Waals surface area contributed by atoms with Crippen molar-refractivity contribution in [3.05, 3.63) is 34.0 Å². The summed E-state index contributed by atoms with van der Waals surface area (Å²) in [5.41, 5.74) is 2.76. The monoisotopic (exact) mass is 296 g/mol. The second-order valence-electron chi connectivity index (χ2n) is 3.84. The van der Waals surface area contributed by atoms with Gasteiger partial charge in [0.1, 0.15) is 5.58 Å². The molecule has 0 aliphatic carbocycles. The molecule has 0 amide bonds. The van der Waals surface area contributed by atoms with Crippen LogP contribution < -0.4 is 0 Å². The van der Waals surface area contributed by atoms with E-state index in [2.05, 4.69) is 15.9 Å². The van der Waals surface area contributed by atoms with Gasteiger partial charge < -0.3 is 9.15 Å². The van der Waals surface area contributed by atoms with E-state index in [1.54, 1.807) is 13.2 Å². The Morgan fingerprint density at radius 3 is 2.94 bits per heavy atom. The van der Waals surface area contributed by atoms with Gasteiger partial charge in [0, 0.05) is 15.4 Å². The van der Waals surface area contributed by atoms with Crippen molar-refractivity contribution in [3.8, 4) is 0 Å². The van der Waals surface area contributed by atoms with Crippen molar-refractivity contribution in [1.82, 2.24) is 0 Å². The molecule has 0 atom stereocenters. The fraction of sp³-hybridized carbons (Fsp3) is 0.308. The lowest BCUT2D eigenvalue weighted by Gasteiger charge is -2.01. The van der Waals surface area contributed by atoms with E-state index in [-0.39, 0.29) is 12.4 Å². The van der Waals surface area contributed by atoms with E-state index in [1.165, 1.54) is 0 Å². The highest BCUT2D eigenvalue weighted by molar-refractivity contribution is 9.10. The molecule has 0 bridgehead atoms. The number of rotatable bonds is 3. The van der Waals surface area contributed by atoms with Crippen molar-refractivity contribution in [2.75, 3.05) is 6.61 Å². The van der Waals surface area contributed by atoms with E-state index in [0.717, 1.165) is 26.6 Å². The fourth-order valence-electron chi connectivity index (χ4n) is 1.71. The van der Waals surface area contributed by atoms with Crippen LogP contribution in [-0.4, -0.2) is 12.6 Å². The van der Waals surface area contributed by atoms with Gasteiger partial charge in [-0.25, -0.2) is 0 Å². The maximum atomic E-state index is 11.4. The minimum absolute atomic E-state index is 0.226. The van der Waals surface area contributed by atoms with Crippen LogP contribution in [0.2, 0.25) is 0 Å². The Morgan fingerprint density at radius 1 is 1.47 bits per heavy atom. The smallest absolute Gasteiger partial charge is 0.310 e. The van der Waals surface area contributed by atoms with Gasteiger partial charge in [0.2, 0.25) is 0 Å². The molecule has 0 fully saturated rings. The molecule has 4 heteroatoms. The Morgan fingerprint density at radius 2 is 2.24 bits per heavy atom. The van der Waals surface area contributed by atoms with Gasteiger partial charge in [0.25, 0.3) is 0 Å². The molecule has 0 unspecified atom stereocenters. The molecule has 0 aliphatic heterocycles. The van der Waals surface area contributed by atoms with Gasteiger partial charge in [-0.1, -0.05) is 15.9 Å². The molecule has 1 heterocycles. The summed E-state index contributed by atoms with van der Waals surface area (Å²) in [7, 11) is 0. The van der Waals surface area contributed by atoms with E-state index < -0.39 is 0 Å². The van der Waals surface area contributed by atoms with E-state index >= 15 is 0 Å². The first-order valence-electron chi connectivity index (χ1n) is 5.43. The predicted octanol–water partition coefficient (Wildman–Crippen LogP) is 3.61. The van der Waals surface area contributed by atoms with Crippen LogP contribution >= 0.6 is 15.9 Å². The zero-order valence-corrected chi connectivity index (χ0v) is 11.3. The number of fused-ring (bicyclic) bond motifs is 1. The van der Waals surface area contributed by atoms with Crippen LogP contribution in [0, 0.1) is 6.92 Å². The predicted molar refractivity (Wildman–Crippen MR) is 69.0 cm³/mol. The van der Waals surface area contributed by atoms with Crippen molar-refractivity contribution < 1.29 is 13.9 Å². The molecule has 17 heavy (non-hydrogen) atoms. The van der Waals surface area contributed by atoms with Gasteiger partial charge in [-0.05, 0) is 31.5 Å². The van der Waals surface area contributed by atoms with E-state index in [1.807, 2.05) is 19.1 Å². The number of benzene rings is 1. The van der Waals surface area contributed by atoms with Gasteiger partial charge in [-0.2, -0.15) is 0 Å². The van der Waals surface area contributed by atoms with Crippen LogP contribution in [0.1, 0.15) is 18.1 Å². The molecule has 0 saturated carbocycles. The van der Waals surface area contributed by atoms with Crippen molar-refractivity contribution in [2.45, 2.75) is 20.3 Å². The third-order valence-corrected chi connectivity index (χ3v) is 3.43. The second-order valence-corrected chi connectivity index (χ2v) is 4.69. The number of halogens is 1. The molecule has 0 aliphatic rings. The highest BCUT2D eigenvalue weighted by atomic mass is 79.9. The first-order chi connectivity index (χ1) is 8.11. The molecule has 2 rings (SSSR count). The number of aryl methyl sites for hydroxylation is 1. The number of furan rings is 1. The molecular weight excluding hydrogens is 284 g/mol. The standard InChI is InChI=1S/C13H13BrO3/c1-3-16-13(15)5-9-7-17-12-6-11(14)8(2)4-10(9)12/h4,6-7H,3,5H2,1-2H3. The average Bonchev–Trinajstić information content (AvgIpc) is 2.63. The van der Waals surface area contributed by atoms with Crippen molar-refractivity contribution in [1.29, 1.82) is 0 Å². The number of ether oxygens (including phenoxy) is 1. The van der Waals surface area contributed by atoms with Crippen LogP contribution in [0.4, 0.5) is 0 Å². The Kier molecular flexibility index (Phi) is 3.52. The number of esters is 1. The zero-order valence-electron chi connectivity index (χ0n) is 9.75. The van der Waals surface area contributed by atoms with Crippen LogP contribution in [-0.2, 0) is 16.0 Å². The molecule has 0 radical (unpaired) electrons. The molecule has 3 nitrogen and oxygen atoms in total. The summed E-state index contributed by atoms with van der Waals surface area (Å²) in [6, 6.07) is 3.93. The third-order valence-electron chi connectivity index (χ3n) is 2.58. The Bertz CT molecular complexity index is 557. The molecule has 90 valence electrons.